The third kappa shape index (κ3) is 4.14. The first-order valence-corrected chi connectivity index (χ1v) is 7.67. The summed E-state index contributed by atoms with van der Waals surface area (Å²) in [5.41, 5.74) is 1.12. The van der Waals surface area contributed by atoms with Gasteiger partial charge in [0.15, 0.2) is 0 Å². The van der Waals surface area contributed by atoms with Crippen LogP contribution < -0.4 is 5.32 Å². The lowest BCUT2D eigenvalue weighted by Crippen LogP contribution is -2.31. The SMILES string of the molecule is CCNC(CCc1nccn1C)Cc1nc(C)cs1. The Bertz CT molecular complexity index is 503. The highest BCUT2D eigenvalue weighted by Gasteiger charge is 2.12. The van der Waals surface area contributed by atoms with E-state index in [1.807, 2.05) is 12.4 Å². The number of hydrogen-bond acceptors (Lipinski definition) is 4. The van der Waals surface area contributed by atoms with Gasteiger partial charge in [0, 0.05) is 49.4 Å². The molecule has 0 amide bonds. The summed E-state index contributed by atoms with van der Waals surface area (Å²) in [5.74, 6) is 1.15. The van der Waals surface area contributed by atoms with E-state index in [0.717, 1.165) is 37.3 Å². The van der Waals surface area contributed by atoms with E-state index < -0.39 is 0 Å². The van der Waals surface area contributed by atoms with Crippen LogP contribution in [0.25, 0.3) is 0 Å². The number of aryl methyl sites for hydroxylation is 3. The van der Waals surface area contributed by atoms with Crippen LogP contribution in [0.2, 0.25) is 0 Å². The summed E-state index contributed by atoms with van der Waals surface area (Å²) in [5, 5.41) is 6.90. The lowest BCUT2D eigenvalue weighted by molar-refractivity contribution is 0.482. The van der Waals surface area contributed by atoms with E-state index in [-0.39, 0.29) is 0 Å². The van der Waals surface area contributed by atoms with Gasteiger partial charge in [0.2, 0.25) is 0 Å². The summed E-state index contributed by atoms with van der Waals surface area (Å²) in [4.78, 5) is 8.93. The predicted octanol–water partition coefficient (Wildman–Crippen LogP) is 2.34. The predicted molar refractivity (Wildman–Crippen MR) is 79.5 cm³/mol. The Morgan fingerprint density at radius 2 is 2.32 bits per heavy atom. The van der Waals surface area contributed by atoms with Crippen LogP contribution in [0.3, 0.4) is 0 Å². The number of imidazole rings is 1. The Hall–Kier alpha value is -1.20. The number of likely N-dealkylation sites (N-methyl/N-ethyl adjacent to an activating group) is 1. The normalized spacial score (nSPS) is 12.8. The Kier molecular flexibility index (Phi) is 5.10. The van der Waals surface area contributed by atoms with Gasteiger partial charge in [0.1, 0.15) is 5.82 Å². The van der Waals surface area contributed by atoms with E-state index in [0.29, 0.717) is 6.04 Å². The average molecular weight is 278 g/mol. The molecule has 19 heavy (non-hydrogen) atoms. The highest BCUT2D eigenvalue weighted by molar-refractivity contribution is 7.09. The first-order valence-electron chi connectivity index (χ1n) is 6.79. The molecule has 0 spiro atoms. The van der Waals surface area contributed by atoms with Crippen LogP contribution >= 0.6 is 11.3 Å². The highest BCUT2D eigenvalue weighted by Crippen LogP contribution is 2.13. The topological polar surface area (TPSA) is 42.7 Å². The summed E-state index contributed by atoms with van der Waals surface area (Å²) in [7, 11) is 2.05. The van der Waals surface area contributed by atoms with E-state index in [1.165, 1.54) is 5.01 Å². The van der Waals surface area contributed by atoms with Gasteiger partial charge in [-0.05, 0) is 19.9 Å². The first kappa shape index (κ1) is 14.2. The van der Waals surface area contributed by atoms with Crippen molar-refractivity contribution in [1.29, 1.82) is 0 Å². The lowest BCUT2D eigenvalue weighted by Gasteiger charge is -2.16. The van der Waals surface area contributed by atoms with E-state index in [1.54, 1.807) is 11.3 Å². The van der Waals surface area contributed by atoms with Crippen molar-refractivity contribution in [2.24, 2.45) is 7.05 Å². The molecular formula is C14H22N4S. The largest absolute Gasteiger partial charge is 0.338 e. The molecule has 2 aromatic rings. The van der Waals surface area contributed by atoms with Gasteiger partial charge in [-0.25, -0.2) is 9.97 Å². The summed E-state index contributed by atoms with van der Waals surface area (Å²) >= 11 is 1.76. The Morgan fingerprint density at radius 1 is 1.47 bits per heavy atom. The minimum absolute atomic E-state index is 0.479. The number of rotatable bonds is 7. The number of aromatic nitrogens is 3. The summed E-state index contributed by atoms with van der Waals surface area (Å²) < 4.78 is 2.09. The van der Waals surface area contributed by atoms with Crippen molar-refractivity contribution in [2.45, 2.75) is 39.2 Å². The molecule has 5 heteroatoms. The van der Waals surface area contributed by atoms with Crippen LogP contribution in [-0.4, -0.2) is 27.1 Å². The number of hydrogen-bond donors (Lipinski definition) is 1. The van der Waals surface area contributed by atoms with Crippen LogP contribution in [0.1, 0.15) is 29.9 Å². The van der Waals surface area contributed by atoms with Gasteiger partial charge in [-0.3, -0.25) is 0 Å². The molecule has 0 bridgehead atoms. The van der Waals surface area contributed by atoms with Crippen molar-refractivity contribution in [1.82, 2.24) is 19.9 Å². The van der Waals surface area contributed by atoms with Crippen LogP contribution in [0.4, 0.5) is 0 Å². The minimum atomic E-state index is 0.479. The lowest BCUT2D eigenvalue weighted by atomic mass is 10.1. The third-order valence-corrected chi connectivity index (χ3v) is 4.21. The second-order valence-electron chi connectivity index (χ2n) is 4.83. The zero-order valence-electron chi connectivity index (χ0n) is 11.9. The van der Waals surface area contributed by atoms with Crippen molar-refractivity contribution >= 4 is 11.3 Å². The molecule has 1 unspecified atom stereocenters. The zero-order chi connectivity index (χ0) is 13.7. The molecule has 1 atom stereocenters. The van der Waals surface area contributed by atoms with Gasteiger partial charge in [-0.15, -0.1) is 11.3 Å². The molecule has 0 saturated carbocycles. The highest BCUT2D eigenvalue weighted by atomic mass is 32.1. The quantitative estimate of drug-likeness (QED) is 0.845. The summed E-state index contributed by atoms with van der Waals surface area (Å²) in [6.07, 6.45) is 6.98. The maximum absolute atomic E-state index is 4.55. The second kappa shape index (κ2) is 6.82. The van der Waals surface area contributed by atoms with E-state index in [9.17, 15) is 0 Å². The van der Waals surface area contributed by atoms with E-state index >= 15 is 0 Å². The molecule has 0 saturated heterocycles. The van der Waals surface area contributed by atoms with Crippen LogP contribution in [-0.2, 0) is 19.9 Å². The molecule has 0 radical (unpaired) electrons. The van der Waals surface area contributed by atoms with Crippen molar-refractivity contribution < 1.29 is 0 Å². The minimum Gasteiger partial charge on any atom is -0.338 e. The monoisotopic (exact) mass is 278 g/mol. The molecule has 104 valence electrons. The zero-order valence-corrected chi connectivity index (χ0v) is 12.7. The maximum atomic E-state index is 4.55. The molecule has 1 N–H and O–H groups in total. The van der Waals surface area contributed by atoms with Crippen molar-refractivity contribution in [3.05, 3.63) is 34.3 Å². The van der Waals surface area contributed by atoms with Gasteiger partial charge in [0.25, 0.3) is 0 Å². The molecule has 0 aliphatic rings. The molecule has 0 aliphatic heterocycles. The molecule has 2 heterocycles. The number of nitrogens with zero attached hydrogens (tertiary/aromatic N) is 3. The van der Waals surface area contributed by atoms with E-state index in [4.69, 9.17) is 0 Å². The van der Waals surface area contributed by atoms with Gasteiger partial charge in [0.05, 0.1) is 5.01 Å². The van der Waals surface area contributed by atoms with Crippen LogP contribution in [0.5, 0.6) is 0 Å². The van der Waals surface area contributed by atoms with Gasteiger partial charge >= 0.3 is 0 Å². The van der Waals surface area contributed by atoms with Gasteiger partial charge in [-0.1, -0.05) is 6.92 Å². The first-order chi connectivity index (χ1) is 9.19. The van der Waals surface area contributed by atoms with Crippen molar-refractivity contribution in [3.8, 4) is 0 Å². The molecule has 4 nitrogen and oxygen atoms in total. The van der Waals surface area contributed by atoms with Crippen LogP contribution in [0, 0.1) is 6.92 Å². The van der Waals surface area contributed by atoms with Gasteiger partial charge < -0.3 is 9.88 Å². The summed E-state index contributed by atoms with van der Waals surface area (Å²) in [6, 6.07) is 0.479. The van der Waals surface area contributed by atoms with Crippen molar-refractivity contribution in [3.63, 3.8) is 0 Å². The molecule has 2 aromatic heterocycles. The Morgan fingerprint density at radius 3 is 2.89 bits per heavy atom. The van der Waals surface area contributed by atoms with E-state index in [2.05, 4.69) is 46.1 Å². The molecular weight excluding hydrogens is 256 g/mol. The fourth-order valence-corrected chi connectivity index (χ4v) is 3.07. The average Bonchev–Trinajstić information content (AvgIpc) is 2.96. The Labute approximate surface area is 118 Å². The number of nitrogens with one attached hydrogen (secondary N) is 1. The standard InChI is InChI=1S/C14H22N4S/c1-4-15-12(9-14-17-11(2)10-19-14)5-6-13-16-7-8-18(13)3/h7-8,10,12,15H,4-6,9H2,1-3H3. The molecule has 2 rings (SSSR count). The smallest absolute Gasteiger partial charge is 0.108 e. The molecule has 0 aliphatic carbocycles. The van der Waals surface area contributed by atoms with Gasteiger partial charge in [-0.2, -0.15) is 0 Å². The number of thiazole rings is 1. The third-order valence-electron chi connectivity index (χ3n) is 3.22. The Balaban J connectivity index is 1.90. The van der Waals surface area contributed by atoms with Crippen molar-refractivity contribution in [2.75, 3.05) is 6.54 Å². The maximum Gasteiger partial charge on any atom is 0.108 e. The summed E-state index contributed by atoms with van der Waals surface area (Å²) in [6.45, 7) is 5.20. The fraction of sp³-hybridized carbons (Fsp3) is 0.571. The fourth-order valence-electron chi connectivity index (χ4n) is 2.21. The molecule has 0 aromatic carbocycles. The molecule has 0 fully saturated rings. The second-order valence-corrected chi connectivity index (χ2v) is 5.78. The van der Waals surface area contributed by atoms with Crippen LogP contribution in [0.15, 0.2) is 17.8 Å².